The van der Waals surface area contributed by atoms with Crippen LogP contribution in [0.25, 0.3) is 0 Å². The van der Waals surface area contributed by atoms with Crippen LogP contribution in [0.5, 0.6) is 0 Å². The summed E-state index contributed by atoms with van der Waals surface area (Å²) in [6.07, 6.45) is 3.72. The topological polar surface area (TPSA) is 0 Å². The van der Waals surface area contributed by atoms with Gasteiger partial charge in [-0.25, -0.2) is 0 Å². The second-order valence-corrected chi connectivity index (χ2v) is 5.53. The van der Waals surface area contributed by atoms with Crippen LogP contribution in [0.15, 0.2) is 54.6 Å². The molecule has 0 fully saturated rings. The Hall–Kier alpha value is -1.08. The van der Waals surface area contributed by atoms with E-state index in [1.54, 1.807) is 0 Å². The van der Waals surface area contributed by atoms with Crippen molar-refractivity contribution in [2.24, 2.45) is 0 Å². The molecule has 0 aliphatic carbocycles. The molecule has 0 aromatic heterocycles. The lowest BCUT2D eigenvalue weighted by Gasteiger charge is -2.11. The lowest BCUT2D eigenvalue weighted by Crippen LogP contribution is -1.93. The Labute approximate surface area is 118 Å². The van der Waals surface area contributed by atoms with Crippen LogP contribution in [0.1, 0.15) is 41.3 Å². The van der Waals surface area contributed by atoms with Crippen LogP contribution in [0, 0.1) is 0 Å². The van der Waals surface area contributed by atoms with Crippen molar-refractivity contribution in [3.05, 3.63) is 71.3 Å². The Kier molecular flexibility index (Phi) is 5.00. The molecule has 0 spiro atoms. The Bertz CT molecular complexity index is 459. The molecule has 0 bridgehead atoms. The zero-order valence-corrected chi connectivity index (χ0v) is 12.4. The van der Waals surface area contributed by atoms with E-state index in [-0.39, 0.29) is 0 Å². The highest BCUT2D eigenvalue weighted by Crippen LogP contribution is 2.30. The van der Waals surface area contributed by atoms with Gasteiger partial charge in [0.25, 0.3) is 0 Å². The highest BCUT2D eigenvalue weighted by Gasteiger charge is 2.09. The van der Waals surface area contributed by atoms with Crippen LogP contribution >= 0.6 is 15.9 Å². The quantitative estimate of drug-likeness (QED) is 0.639. The highest BCUT2D eigenvalue weighted by molar-refractivity contribution is 9.09. The zero-order valence-electron chi connectivity index (χ0n) is 10.8. The summed E-state index contributed by atoms with van der Waals surface area (Å²) in [6, 6.07) is 19.5. The third-order valence-electron chi connectivity index (χ3n) is 3.18. The maximum absolute atomic E-state index is 3.77. The van der Waals surface area contributed by atoms with E-state index >= 15 is 0 Å². The third kappa shape index (κ3) is 3.46. The lowest BCUT2D eigenvalue weighted by atomic mass is 10.0. The third-order valence-corrected chi connectivity index (χ3v) is 4.24. The largest absolute Gasteiger partial charge is 0.0786 e. The summed E-state index contributed by atoms with van der Waals surface area (Å²) in [5, 5.41) is 0. The molecule has 18 heavy (non-hydrogen) atoms. The van der Waals surface area contributed by atoms with Gasteiger partial charge < -0.3 is 0 Å². The van der Waals surface area contributed by atoms with Gasteiger partial charge in [0.1, 0.15) is 0 Å². The molecule has 1 unspecified atom stereocenters. The van der Waals surface area contributed by atoms with Crippen LogP contribution < -0.4 is 0 Å². The van der Waals surface area contributed by atoms with E-state index in [2.05, 4.69) is 77.5 Å². The molecule has 0 radical (unpaired) electrons. The summed E-state index contributed by atoms with van der Waals surface area (Å²) < 4.78 is 0. The fraction of sp³-hybridized carbons (Fsp3) is 0.294. The van der Waals surface area contributed by atoms with Crippen LogP contribution in [0.4, 0.5) is 0 Å². The van der Waals surface area contributed by atoms with Crippen LogP contribution in [-0.4, -0.2) is 0 Å². The van der Waals surface area contributed by atoms with E-state index in [9.17, 15) is 0 Å². The molecule has 94 valence electrons. The average Bonchev–Trinajstić information content (AvgIpc) is 2.46. The van der Waals surface area contributed by atoms with Crippen molar-refractivity contribution >= 4 is 15.9 Å². The van der Waals surface area contributed by atoms with Crippen molar-refractivity contribution in [1.29, 1.82) is 0 Å². The maximum Gasteiger partial charge on any atom is 0.0644 e. The molecule has 0 amide bonds. The lowest BCUT2D eigenvalue weighted by molar-refractivity contribution is 0.795. The molecule has 2 rings (SSSR count). The van der Waals surface area contributed by atoms with Crippen molar-refractivity contribution < 1.29 is 0 Å². The molecular formula is C17H19Br. The van der Waals surface area contributed by atoms with E-state index in [4.69, 9.17) is 0 Å². The fourth-order valence-corrected chi connectivity index (χ4v) is 2.66. The first-order chi connectivity index (χ1) is 8.81. The molecule has 0 saturated carbocycles. The van der Waals surface area contributed by atoms with Crippen molar-refractivity contribution in [2.45, 2.75) is 31.0 Å². The van der Waals surface area contributed by atoms with Crippen LogP contribution in [0.3, 0.4) is 0 Å². The number of halogens is 1. The van der Waals surface area contributed by atoms with E-state index < -0.39 is 0 Å². The van der Waals surface area contributed by atoms with Gasteiger partial charge in [0.05, 0.1) is 4.83 Å². The SMILES string of the molecule is CCCCc1ccc(C(Br)c2ccccc2)cc1. The minimum atomic E-state index is 0.291. The molecule has 0 aliphatic rings. The normalized spacial score (nSPS) is 12.3. The monoisotopic (exact) mass is 302 g/mol. The summed E-state index contributed by atoms with van der Waals surface area (Å²) in [5.74, 6) is 0. The number of aryl methyl sites for hydroxylation is 1. The first-order valence-corrected chi connectivity index (χ1v) is 7.50. The molecular weight excluding hydrogens is 284 g/mol. The maximum atomic E-state index is 3.77. The minimum absolute atomic E-state index is 0.291. The van der Waals surface area contributed by atoms with Crippen LogP contribution in [-0.2, 0) is 6.42 Å². The van der Waals surface area contributed by atoms with Gasteiger partial charge >= 0.3 is 0 Å². The second-order valence-electron chi connectivity index (χ2n) is 4.62. The molecule has 0 saturated heterocycles. The fourth-order valence-electron chi connectivity index (χ4n) is 2.05. The van der Waals surface area contributed by atoms with Crippen molar-refractivity contribution in [1.82, 2.24) is 0 Å². The number of alkyl halides is 1. The highest BCUT2D eigenvalue weighted by atomic mass is 79.9. The molecule has 1 atom stereocenters. The number of unbranched alkanes of at least 4 members (excludes halogenated alkanes) is 1. The van der Waals surface area contributed by atoms with Gasteiger partial charge in [0.2, 0.25) is 0 Å². The molecule has 0 aliphatic heterocycles. The first-order valence-electron chi connectivity index (χ1n) is 6.59. The second kappa shape index (κ2) is 6.75. The van der Waals surface area contributed by atoms with E-state index in [0.717, 1.165) is 0 Å². The zero-order chi connectivity index (χ0) is 12.8. The molecule has 2 aromatic carbocycles. The molecule has 1 heteroatoms. The summed E-state index contributed by atoms with van der Waals surface area (Å²) >= 11 is 3.77. The Morgan fingerprint density at radius 3 is 2.11 bits per heavy atom. The molecule has 2 aromatic rings. The number of benzene rings is 2. The van der Waals surface area contributed by atoms with Gasteiger partial charge in [0.15, 0.2) is 0 Å². The summed E-state index contributed by atoms with van der Waals surface area (Å²) in [4.78, 5) is 0.291. The smallest absolute Gasteiger partial charge is 0.0644 e. The van der Waals surface area contributed by atoms with Gasteiger partial charge in [-0.3, -0.25) is 0 Å². The van der Waals surface area contributed by atoms with Crippen molar-refractivity contribution in [3.8, 4) is 0 Å². The standard InChI is InChI=1S/C17H19Br/c1-2-3-7-14-10-12-16(13-11-14)17(18)15-8-5-4-6-9-15/h4-6,8-13,17H,2-3,7H2,1H3. The van der Waals surface area contributed by atoms with Gasteiger partial charge in [-0.15, -0.1) is 0 Å². The van der Waals surface area contributed by atoms with E-state index in [1.165, 1.54) is 36.0 Å². The Balaban J connectivity index is 2.09. The minimum Gasteiger partial charge on any atom is -0.0786 e. The molecule has 0 nitrogen and oxygen atoms in total. The van der Waals surface area contributed by atoms with Gasteiger partial charge in [-0.2, -0.15) is 0 Å². The number of hydrogen-bond donors (Lipinski definition) is 0. The predicted molar refractivity (Wildman–Crippen MR) is 82.3 cm³/mol. The average molecular weight is 303 g/mol. The first kappa shape index (κ1) is 13.4. The number of hydrogen-bond acceptors (Lipinski definition) is 0. The van der Waals surface area contributed by atoms with Gasteiger partial charge in [-0.1, -0.05) is 83.9 Å². The van der Waals surface area contributed by atoms with Crippen molar-refractivity contribution in [2.75, 3.05) is 0 Å². The van der Waals surface area contributed by atoms with E-state index in [0.29, 0.717) is 4.83 Å². The van der Waals surface area contributed by atoms with E-state index in [1.807, 2.05) is 0 Å². The van der Waals surface area contributed by atoms with Gasteiger partial charge in [-0.05, 0) is 29.5 Å². The summed E-state index contributed by atoms with van der Waals surface area (Å²) in [5.41, 5.74) is 4.06. The van der Waals surface area contributed by atoms with Crippen molar-refractivity contribution in [3.63, 3.8) is 0 Å². The summed E-state index contributed by atoms with van der Waals surface area (Å²) in [7, 11) is 0. The Morgan fingerprint density at radius 2 is 1.50 bits per heavy atom. The number of rotatable bonds is 5. The van der Waals surface area contributed by atoms with Crippen LogP contribution in [0.2, 0.25) is 0 Å². The Morgan fingerprint density at radius 1 is 0.889 bits per heavy atom. The molecule has 0 N–H and O–H groups in total. The predicted octanol–water partition coefficient (Wildman–Crippen LogP) is 5.51. The molecule has 0 heterocycles. The van der Waals surface area contributed by atoms with Gasteiger partial charge in [0, 0.05) is 0 Å². The summed E-state index contributed by atoms with van der Waals surface area (Å²) in [6.45, 7) is 2.23.